The summed E-state index contributed by atoms with van der Waals surface area (Å²) >= 11 is 3.43. The van der Waals surface area contributed by atoms with E-state index in [0.29, 0.717) is 17.0 Å². The van der Waals surface area contributed by atoms with E-state index in [2.05, 4.69) is 31.6 Å². The van der Waals surface area contributed by atoms with E-state index in [1.165, 1.54) is 6.08 Å². The summed E-state index contributed by atoms with van der Waals surface area (Å²) in [5.41, 5.74) is 3.51. The van der Waals surface area contributed by atoms with Gasteiger partial charge in [0.25, 0.3) is 5.91 Å². The van der Waals surface area contributed by atoms with Crippen LogP contribution in [0.25, 0.3) is 6.08 Å². The number of benzene rings is 2. The molecular formula is C22H19BrN4O6. The van der Waals surface area contributed by atoms with Crippen LogP contribution in [0.5, 0.6) is 5.75 Å². The predicted octanol–water partition coefficient (Wildman–Crippen LogP) is 2.80. The van der Waals surface area contributed by atoms with Gasteiger partial charge in [-0.25, -0.2) is 0 Å². The molecule has 0 radical (unpaired) electrons. The summed E-state index contributed by atoms with van der Waals surface area (Å²) < 4.78 is 6.29. The molecule has 0 aromatic heterocycles. The van der Waals surface area contributed by atoms with Crippen molar-refractivity contribution in [3.8, 4) is 5.75 Å². The third-order valence-corrected chi connectivity index (χ3v) is 5.37. The molecule has 1 unspecified atom stereocenters. The second kappa shape index (κ2) is 10.2. The Labute approximate surface area is 197 Å². The first-order chi connectivity index (χ1) is 15.6. The number of hydrogen-bond acceptors (Lipinski definition) is 6. The molecule has 1 aliphatic heterocycles. The number of nitrogens with zero attached hydrogens (tertiary/aromatic N) is 2. The minimum Gasteiger partial charge on any atom is -0.484 e. The first-order valence-corrected chi connectivity index (χ1v) is 10.5. The number of aryl methyl sites for hydroxylation is 2. The van der Waals surface area contributed by atoms with Crippen molar-refractivity contribution >= 4 is 51.3 Å². The molecule has 1 heterocycles. The number of halogens is 1. The number of carbonyl (C=O) groups is 3. The van der Waals surface area contributed by atoms with Gasteiger partial charge in [-0.15, -0.1) is 0 Å². The van der Waals surface area contributed by atoms with E-state index >= 15 is 0 Å². The van der Waals surface area contributed by atoms with Crippen LogP contribution in [-0.2, 0) is 14.4 Å². The molecule has 3 amide bonds. The smallest absolute Gasteiger partial charge is 0.368 e. The standard InChI is InChI=1S/C22H19BrN4O6/c1-12-9-16(23)17(10-13(12)2)24-19(28)11-33-15-6-3-14(4-7-15)5-8-18-25-21(29)20(27(31)32)22(30)26-18/h3-10,20H,11H2,1-2H3,(H,24,28)(H,25,26,29,30)/b8-5+. The maximum Gasteiger partial charge on any atom is 0.368 e. The maximum absolute atomic E-state index is 12.2. The third kappa shape index (κ3) is 6.10. The lowest BCUT2D eigenvalue weighted by Gasteiger charge is -2.12. The molecule has 0 bridgehead atoms. The van der Waals surface area contributed by atoms with Crippen molar-refractivity contribution in [1.29, 1.82) is 0 Å². The molecule has 33 heavy (non-hydrogen) atoms. The Morgan fingerprint density at radius 3 is 2.52 bits per heavy atom. The van der Waals surface area contributed by atoms with Crippen LogP contribution in [-0.4, -0.2) is 41.1 Å². The highest BCUT2D eigenvalue weighted by Crippen LogP contribution is 2.26. The van der Waals surface area contributed by atoms with Gasteiger partial charge >= 0.3 is 17.9 Å². The lowest BCUT2D eigenvalue weighted by atomic mass is 10.1. The molecule has 0 spiro atoms. The van der Waals surface area contributed by atoms with E-state index in [-0.39, 0.29) is 18.3 Å². The van der Waals surface area contributed by atoms with Crippen LogP contribution >= 0.6 is 15.9 Å². The molecule has 10 nitrogen and oxygen atoms in total. The van der Waals surface area contributed by atoms with Crippen molar-refractivity contribution in [3.63, 3.8) is 0 Å². The van der Waals surface area contributed by atoms with Gasteiger partial charge in [0.1, 0.15) is 11.6 Å². The number of nitrogens with one attached hydrogen (secondary N) is 2. The lowest BCUT2D eigenvalue weighted by Crippen LogP contribution is -2.50. The molecule has 11 heteroatoms. The van der Waals surface area contributed by atoms with Crippen molar-refractivity contribution in [2.24, 2.45) is 4.99 Å². The predicted molar refractivity (Wildman–Crippen MR) is 125 cm³/mol. The Hall–Kier alpha value is -3.86. The zero-order valence-electron chi connectivity index (χ0n) is 17.6. The highest BCUT2D eigenvalue weighted by molar-refractivity contribution is 9.10. The summed E-state index contributed by atoms with van der Waals surface area (Å²) in [4.78, 5) is 48.8. The van der Waals surface area contributed by atoms with Gasteiger partial charge in [-0.1, -0.05) is 18.2 Å². The highest BCUT2D eigenvalue weighted by Gasteiger charge is 2.41. The molecule has 2 N–H and O–H groups in total. The van der Waals surface area contributed by atoms with E-state index in [1.807, 2.05) is 26.0 Å². The monoisotopic (exact) mass is 514 g/mol. The van der Waals surface area contributed by atoms with Crippen LogP contribution in [0.4, 0.5) is 5.69 Å². The second-order valence-corrected chi connectivity index (χ2v) is 8.02. The van der Waals surface area contributed by atoms with Crippen molar-refractivity contribution in [2.45, 2.75) is 19.9 Å². The first kappa shape index (κ1) is 23.8. The van der Waals surface area contributed by atoms with E-state index in [0.717, 1.165) is 15.6 Å². The van der Waals surface area contributed by atoms with Crippen molar-refractivity contribution in [2.75, 3.05) is 11.9 Å². The zero-order chi connectivity index (χ0) is 24.1. The number of aliphatic imine (C=N–C) groups is 1. The van der Waals surface area contributed by atoms with Crippen LogP contribution in [0.1, 0.15) is 16.7 Å². The molecule has 2 aromatic rings. The average Bonchev–Trinajstić information content (AvgIpc) is 2.74. The lowest BCUT2D eigenvalue weighted by molar-refractivity contribution is -0.493. The fraction of sp³-hybridized carbons (Fsp3) is 0.182. The van der Waals surface area contributed by atoms with Crippen LogP contribution in [0.15, 0.2) is 51.9 Å². The van der Waals surface area contributed by atoms with Gasteiger partial charge in [-0.3, -0.25) is 24.5 Å². The van der Waals surface area contributed by atoms with Crippen LogP contribution in [0.3, 0.4) is 0 Å². The fourth-order valence-electron chi connectivity index (χ4n) is 2.84. The van der Waals surface area contributed by atoms with Gasteiger partial charge in [-0.05, 0) is 76.8 Å². The number of hydrogen-bond donors (Lipinski definition) is 2. The van der Waals surface area contributed by atoms with E-state index in [4.69, 9.17) is 4.74 Å². The second-order valence-electron chi connectivity index (χ2n) is 7.17. The Morgan fingerprint density at radius 1 is 1.21 bits per heavy atom. The topological polar surface area (TPSA) is 140 Å². The molecule has 0 saturated heterocycles. The van der Waals surface area contributed by atoms with Crippen molar-refractivity contribution < 1.29 is 24.0 Å². The van der Waals surface area contributed by atoms with Gasteiger partial charge in [0.05, 0.1) is 5.69 Å². The quantitative estimate of drug-likeness (QED) is 0.330. The molecule has 0 fully saturated rings. The van der Waals surface area contributed by atoms with Crippen LogP contribution in [0, 0.1) is 24.0 Å². The highest BCUT2D eigenvalue weighted by atomic mass is 79.9. The normalized spacial score (nSPS) is 15.7. The fourth-order valence-corrected chi connectivity index (χ4v) is 3.40. The molecule has 0 saturated carbocycles. The summed E-state index contributed by atoms with van der Waals surface area (Å²) in [5.74, 6) is -2.09. The Balaban J connectivity index is 1.55. The number of rotatable bonds is 7. The molecule has 3 rings (SSSR count). The summed E-state index contributed by atoms with van der Waals surface area (Å²) in [6.45, 7) is 3.76. The van der Waals surface area contributed by atoms with Gasteiger partial charge in [0.2, 0.25) is 0 Å². The van der Waals surface area contributed by atoms with Crippen LogP contribution < -0.4 is 15.4 Å². The minimum atomic E-state index is -2.02. The average molecular weight is 515 g/mol. The number of amidine groups is 1. The van der Waals surface area contributed by atoms with Gasteiger partial charge in [-0.2, -0.15) is 4.99 Å². The largest absolute Gasteiger partial charge is 0.484 e. The number of amides is 3. The zero-order valence-corrected chi connectivity index (χ0v) is 19.2. The number of carbonyl (C=O) groups excluding carboxylic acids is 3. The number of ether oxygens (including phenoxy) is 1. The molecule has 2 aromatic carbocycles. The summed E-state index contributed by atoms with van der Waals surface area (Å²) in [5, 5.41) is 15.7. The van der Waals surface area contributed by atoms with Crippen molar-refractivity contribution in [3.05, 3.63) is 73.8 Å². The van der Waals surface area contributed by atoms with E-state index in [1.54, 1.807) is 30.3 Å². The molecular weight excluding hydrogens is 496 g/mol. The molecule has 170 valence electrons. The summed E-state index contributed by atoms with van der Waals surface area (Å²) in [6.07, 6.45) is 2.92. The molecule has 0 aliphatic carbocycles. The van der Waals surface area contributed by atoms with Gasteiger partial charge < -0.3 is 15.4 Å². The Kier molecular flexibility index (Phi) is 7.34. The van der Waals surface area contributed by atoms with Gasteiger partial charge in [0, 0.05) is 9.40 Å². The molecule has 1 atom stereocenters. The van der Waals surface area contributed by atoms with E-state index in [9.17, 15) is 24.5 Å². The third-order valence-electron chi connectivity index (χ3n) is 4.72. The number of nitro groups is 1. The SMILES string of the molecule is Cc1cc(Br)c(NC(=O)COc2ccc(/C=C/C3=NC(=O)C([N+](=O)[O-])C(=O)N3)cc2)cc1C. The van der Waals surface area contributed by atoms with Crippen molar-refractivity contribution in [1.82, 2.24) is 5.32 Å². The minimum absolute atomic E-state index is 0.0856. The first-order valence-electron chi connectivity index (χ1n) is 9.68. The van der Waals surface area contributed by atoms with Gasteiger partial charge in [0.15, 0.2) is 6.61 Å². The molecule has 1 aliphatic rings. The van der Waals surface area contributed by atoms with Crippen LogP contribution in [0.2, 0.25) is 0 Å². The summed E-state index contributed by atoms with van der Waals surface area (Å²) in [7, 11) is 0. The summed E-state index contributed by atoms with van der Waals surface area (Å²) in [6, 6.07) is 8.46. The maximum atomic E-state index is 12.2. The Bertz CT molecular complexity index is 1190. The van der Waals surface area contributed by atoms with E-state index < -0.39 is 22.8 Å². The number of anilines is 1. The Morgan fingerprint density at radius 2 is 1.88 bits per heavy atom.